The Labute approximate surface area is 115 Å². The summed E-state index contributed by atoms with van der Waals surface area (Å²) in [5.41, 5.74) is 0.164. The van der Waals surface area contributed by atoms with Crippen molar-refractivity contribution >= 4 is 5.97 Å². The van der Waals surface area contributed by atoms with Crippen LogP contribution < -0.4 is 0 Å². The number of carbonyl (C=O) groups excluding carboxylic acids is 1. The Bertz CT molecular complexity index is 598. The number of hydrogen-bond donors (Lipinski definition) is 0. The van der Waals surface area contributed by atoms with Crippen LogP contribution in [0.4, 0.5) is 4.39 Å². The van der Waals surface area contributed by atoms with Gasteiger partial charge in [0.25, 0.3) is 0 Å². The molecule has 1 atom stereocenters. The minimum absolute atomic E-state index is 0.0467. The average molecular weight is 278 g/mol. The van der Waals surface area contributed by atoms with Crippen LogP contribution in [0.2, 0.25) is 0 Å². The lowest BCUT2D eigenvalue weighted by molar-refractivity contribution is -0.144. The van der Waals surface area contributed by atoms with Crippen LogP contribution in [0.1, 0.15) is 37.0 Å². The smallest absolute Gasteiger partial charge is 0.323 e. The van der Waals surface area contributed by atoms with Gasteiger partial charge in [0.05, 0.1) is 6.61 Å². The molecule has 0 spiro atoms. The first-order chi connectivity index (χ1) is 9.67. The zero-order valence-corrected chi connectivity index (χ0v) is 11.3. The third-order valence-electron chi connectivity index (χ3n) is 2.79. The molecule has 2 rings (SSSR count). The van der Waals surface area contributed by atoms with E-state index in [1.807, 2.05) is 6.92 Å². The highest BCUT2D eigenvalue weighted by atomic mass is 19.1. The number of benzene rings is 1. The van der Waals surface area contributed by atoms with Gasteiger partial charge in [0.2, 0.25) is 5.89 Å². The third-order valence-corrected chi connectivity index (χ3v) is 2.79. The standard InChI is InChI=1S/C14H15FN2O3/c1-3-11-16-13(20-17-11)12(14(18)19-4-2)9-7-5-6-8-10(9)15/h5-8,12H,3-4H2,1-2H3. The summed E-state index contributed by atoms with van der Waals surface area (Å²) in [5, 5.41) is 3.74. The van der Waals surface area contributed by atoms with E-state index >= 15 is 0 Å². The van der Waals surface area contributed by atoms with Gasteiger partial charge in [0.15, 0.2) is 11.7 Å². The summed E-state index contributed by atoms with van der Waals surface area (Å²) in [6.45, 7) is 3.73. The molecular formula is C14H15FN2O3. The fourth-order valence-corrected chi connectivity index (χ4v) is 1.82. The third kappa shape index (κ3) is 2.84. The van der Waals surface area contributed by atoms with Crippen molar-refractivity contribution in [2.45, 2.75) is 26.2 Å². The number of rotatable bonds is 5. The van der Waals surface area contributed by atoms with Crippen molar-refractivity contribution in [3.8, 4) is 0 Å². The van der Waals surface area contributed by atoms with Crippen LogP contribution in [0.5, 0.6) is 0 Å². The summed E-state index contributed by atoms with van der Waals surface area (Å²) in [6.07, 6.45) is 0.566. The molecule has 1 aromatic heterocycles. The second-order valence-electron chi connectivity index (χ2n) is 4.11. The lowest BCUT2D eigenvalue weighted by atomic mass is 9.98. The molecule has 0 saturated heterocycles. The molecule has 0 saturated carbocycles. The SMILES string of the molecule is CCOC(=O)C(c1nc(CC)no1)c1ccccc1F. The number of hydrogen-bond acceptors (Lipinski definition) is 5. The lowest BCUT2D eigenvalue weighted by Crippen LogP contribution is -2.19. The Kier molecular flexibility index (Phi) is 4.45. The monoisotopic (exact) mass is 278 g/mol. The van der Waals surface area contributed by atoms with Crippen molar-refractivity contribution in [1.29, 1.82) is 0 Å². The fourth-order valence-electron chi connectivity index (χ4n) is 1.82. The number of halogens is 1. The van der Waals surface area contributed by atoms with E-state index in [1.165, 1.54) is 12.1 Å². The molecule has 106 valence electrons. The Morgan fingerprint density at radius 3 is 2.75 bits per heavy atom. The molecule has 2 aromatic rings. The Hall–Kier alpha value is -2.24. The van der Waals surface area contributed by atoms with Gasteiger partial charge < -0.3 is 9.26 Å². The summed E-state index contributed by atoms with van der Waals surface area (Å²) in [6, 6.07) is 5.97. The predicted molar refractivity (Wildman–Crippen MR) is 68.6 cm³/mol. The maximum atomic E-state index is 13.9. The van der Waals surface area contributed by atoms with Crippen molar-refractivity contribution in [2.24, 2.45) is 0 Å². The molecule has 0 aliphatic rings. The van der Waals surface area contributed by atoms with E-state index in [9.17, 15) is 9.18 Å². The van der Waals surface area contributed by atoms with Gasteiger partial charge in [-0.3, -0.25) is 4.79 Å². The largest absolute Gasteiger partial charge is 0.465 e. The van der Waals surface area contributed by atoms with Gasteiger partial charge >= 0.3 is 5.97 Å². The lowest BCUT2D eigenvalue weighted by Gasteiger charge is -2.12. The number of carbonyl (C=O) groups is 1. The number of esters is 1. The number of ether oxygens (including phenoxy) is 1. The molecule has 6 heteroatoms. The fraction of sp³-hybridized carbons (Fsp3) is 0.357. The van der Waals surface area contributed by atoms with E-state index in [4.69, 9.17) is 9.26 Å². The highest BCUT2D eigenvalue weighted by molar-refractivity contribution is 5.80. The molecule has 0 N–H and O–H groups in total. The van der Waals surface area contributed by atoms with Gasteiger partial charge in [0, 0.05) is 12.0 Å². The minimum atomic E-state index is -1.04. The minimum Gasteiger partial charge on any atom is -0.465 e. The van der Waals surface area contributed by atoms with Crippen molar-refractivity contribution in [3.63, 3.8) is 0 Å². The van der Waals surface area contributed by atoms with Crippen LogP contribution in [0.15, 0.2) is 28.8 Å². The van der Waals surface area contributed by atoms with E-state index in [2.05, 4.69) is 10.1 Å². The van der Waals surface area contributed by atoms with Gasteiger partial charge in [-0.25, -0.2) is 4.39 Å². The molecule has 0 aliphatic heterocycles. The van der Waals surface area contributed by atoms with Crippen LogP contribution >= 0.6 is 0 Å². The van der Waals surface area contributed by atoms with E-state index in [-0.39, 0.29) is 18.1 Å². The van der Waals surface area contributed by atoms with Crippen LogP contribution in [0.25, 0.3) is 0 Å². The highest BCUT2D eigenvalue weighted by Crippen LogP contribution is 2.27. The van der Waals surface area contributed by atoms with E-state index < -0.39 is 17.7 Å². The quantitative estimate of drug-likeness (QED) is 0.786. The predicted octanol–water partition coefficient (Wildman–Crippen LogP) is 2.47. The maximum Gasteiger partial charge on any atom is 0.323 e. The molecule has 0 aliphatic carbocycles. The molecule has 1 unspecified atom stereocenters. The molecule has 20 heavy (non-hydrogen) atoms. The Morgan fingerprint density at radius 2 is 2.15 bits per heavy atom. The van der Waals surface area contributed by atoms with Crippen molar-refractivity contribution in [3.05, 3.63) is 47.4 Å². The normalized spacial score (nSPS) is 12.2. The molecule has 1 heterocycles. The number of nitrogens with zero attached hydrogens (tertiary/aromatic N) is 2. The second-order valence-corrected chi connectivity index (χ2v) is 4.11. The second kappa shape index (κ2) is 6.27. The van der Waals surface area contributed by atoms with Crippen LogP contribution in [-0.4, -0.2) is 22.7 Å². The summed E-state index contributed by atoms with van der Waals surface area (Å²) in [4.78, 5) is 16.2. The first-order valence-electron chi connectivity index (χ1n) is 6.40. The average Bonchev–Trinajstić information content (AvgIpc) is 2.90. The number of aromatic nitrogens is 2. The Balaban J connectivity index is 2.44. The summed E-state index contributed by atoms with van der Waals surface area (Å²) in [7, 11) is 0. The van der Waals surface area contributed by atoms with Crippen molar-refractivity contribution in [2.75, 3.05) is 6.61 Å². The van der Waals surface area contributed by atoms with Gasteiger partial charge in [-0.05, 0) is 13.0 Å². The van der Waals surface area contributed by atoms with Crippen molar-refractivity contribution in [1.82, 2.24) is 10.1 Å². The topological polar surface area (TPSA) is 65.2 Å². The van der Waals surface area contributed by atoms with E-state index in [0.29, 0.717) is 12.2 Å². The van der Waals surface area contributed by atoms with Crippen LogP contribution in [0.3, 0.4) is 0 Å². The molecule has 0 amide bonds. The Morgan fingerprint density at radius 1 is 1.40 bits per heavy atom. The zero-order valence-electron chi connectivity index (χ0n) is 11.3. The molecule has 5 nitrogen and oxygen atoms in total. The van der Waals surface area contributed by atoms with Crippen LogP contribution in [-0.2, 0) is 16.0 Å². The van der Waals surface area contributed by atoms with Gasteiger partial charge in [-0.1, -0.05) is 30.3 Å². The first-order valence-corrected chi connectivity index (χ1v) is 6.40. The first kappa shape index (κ1) is 14.2. The summed E-state index contributed by atoms with van der Waals surface area (Å²) in [5.74, 6) is -1.65. The molecule has 0 radical (unpaired) electrons. The van der Waals surface area contributed by atoms with Gasteiger partial charge in [-0.15, -0.1) is 0 Å². The van der Waals surface area contributed by atoms with Gasteiger partial charge in [-0.2, -0.15) is 4.98 Å². The zero-order chi connectivity index (χ0) is 14.5. The van der Waals surface area contributed by atoms with E-state index in [1.54, 1.807) is 19.1 Å². The molecule has 1 aromatic carbocycles. The molecule has 0 fully saturated rings. The van der Waals surface area contributed by atoms with Gasteiger partial charge in [0.1, 0.15) is 5.82 Å². The summed E-state index contributed by atoms with van der Waals surface area (Å²) < 4.78 is 24.0. The van der Waals surface area contributed by atoms with E-state index in [0.717, 1.165) is 0 Å². The summed E-state index contributed by atoms with van der Waals surface area (Å²) >= 11 is 0. The van der Waals surface area contributed by atoms with Crippen LogP contribution in [0, 0.1) is 5.82 Å². The molecular weight excluding hydrogens is 263 g/mol. The maximum absolute atomic E-state index is 13.9. The molecule has 0 bridgehead atoms. The van der Waals surface area contributed by atoms with Crippen molar-refractivity contribution < 1.29 is 18.4 Å². The highest BCUT2D eigenvalue weighted by Gasteiger charge is 2.32. The number of aryl methyl sites for hydroxylation is 1.